The SMILES string of the molecule is C#CS(=O)(=O)NC(C)C. The normalized spacial score (nSPS) is 11.3. The van der Waals surface area contributed by atoms with Gasteiger partial charge in [0.25, 0.3) is 10.0 Å². The molecule has 0 aliphatic heterocycles. The van der Waals surface area contributed by atoms with Crippen molar-refractivity contribution < 1.29 is 8.42 Å². The van der Waals surface area contributed by atoms with Crippen molar-refractivity contribution in [3.05, 3.63) is 0 Å². The van der Waals surface area contributed by atoms with Gasteiger partial charge < -0.3 is 0 Å². The van der Waals surface area contributed by atoms with E-state index in [-0.39, 0.29) is 6.04 Å². The fraction of sp³-hybridized carbons (Fsp3) is 0.600. The van der Waals surface area contributed by atoms with E-state index in [4.69, 9.17) is 0 Å². The first kappa shape index (κ1) is 8.47. The Morgan fingerprint density at radius 1 is 1.56 bits per heavy atom. The molecule has 0 rings (SSSR count). The van der Waals surface area contributed by atoms with Gasteiger partial charge in [-0.1, -0.05) is 0 Å². The molecule has 0 unspecified atom stereocenters. The number of hydrogen-bond acceptors (Lipinski definition) is 2. The van der Waals surface area contributed by atoms with E-state index in [0.717, 1.165) is 0 Å². The summed E-state index contributed by atoms with van der Waals surface area (Å²) >= 11 is 0. The summed E-state index contributed by atoms with van der Waals surface area (Å²) in [5.41, 5.74) is 0. The van der Waals surface area contributed by atoms with Gasteiger partial charge in [-0.05, 0) is 13.8 Å². The molecular weight excluding hydrogens is 138 g/mol. The molecule has 0 atom stereocenters. The van der Waals surface area contributed by atoms with Crippen molar-refractivity contribution in [2.75, 3.05) is 0 Å². The van der Waals surface area contributed by atoms with Gasteiger partial charge in [-0.2, -0.15) is 8.42 Å². The second kappa shape index (κ2) is 2.85. The monoisotopic (exact) mass is 147 g/mol. The van der Waals surface area contributed by atoms with E-state index in [1.165, 1.54) is 0 Å². The number of nitrogens with one attached hydrogen (secondary N) is 1. The van der Waals surface area contributed by atoms with E-state index in [2.05, 4.69) is 11.1 Å². The Bertz CT molecular complexity index is 210. The topological polar surface area (TPSA) is 46.2 Å². The molecule has 0 heterocycles. The molecule has 1 N–H and O–H groups in total. The third-order valence-corrected chi connectivity index (χ3v) is 1.64. The van der Waals surface area contributed by atoms with Crippen LogP contribution in [0.1, 0.15) is 13.8 Å². The van der Waals surface area contributed by atoms with Gasteiger partial charge in [0, 0.05) is 11.3 Å². The third kappa shape index (κ3) is 4.01. The molecule has 0 spiro atoms. The molecule has 0 aromatic heterocycles. The van der Waals surface area contributed by atoms with Crippen LogP contribution in [0.15, 0.2) is 0 Å². The maximum absolute atomic E-state index is 10.5. The van der Waals surface area contributed by atoms with Crippen LogP contribution >= 0.6 is 0 Å². The second-order valence-corrected chi connectivity index (χ2v) is 3.37. The zero-order valence-electron chi connectivity index (χ0n) is 5.38. The van der Waals surface area contributed by atoms with Crippen molar-refractivity contribution in [3.8, 4) is 11.7 Å². The van der Waals surface area contributed by atoms with Gasteiger partial charge in [-0.3, -0.25) is 0 Å². The molecule has 52 valence electrons. The summed E-state index contributed by atoms with van der Waals surface area (Å²) in [5.74, 6) is 0. The molecule has 0 radical (unpaired) electrons. The minimum atomic E-state index is -3.44. The first-order valence-corrected chi connectivity index (χ1v) is 3.96. The van der Waals surface area contributed by atoms with E-state index in [0.29, 0.717) is 0 Å². The van der Waals surface area contributed by atoms with E-state index in [1.807, 2.05) is 0 Å². The highest BCUT2D eigenvalue weighted by atomic mass is 32.2. The summed E-state index contributed by atoms with van der Waals surface area (Å²) in [5, 5.41) is 1.63. The highest BCUT2D eigenvalue weighted by Gasteiger charge is 2.04. The number of sulfonamides is 1. The zero-order chi connectivity index (χ0) is 7.49. The van der Waals surface area contributed by atoms with Gasteiger partial charge in [0.1, 0.15) is 0 Å². The first-order chi connectivity index (χ1) is 3.98. The summed E-state index contributed by atoms with van der Waals surface area (Å²) in [6.45, 7) is 3.41. The molecule has 0 aromatic rings. The number of rotatable bonds is 2. The first-order valence-electron chi connectivity index (χ1n) is 2.47. The predicted molar refractivity (Wildman–Crippen MR) is 36.0 cm³/mol. The molecule has 0 amide bonds. The molecule has 0 saturated carbocycles. The van der Waals surface area contributed by atoms with Crippen molar-refractivity contribution >= 4 is 10.0 Å². The Labute approximate surface area is 55.5 Å². The molecule has 0 saturated heterocycles. The Kier molecular flexibility index (Phi) is 2.68. The molecule has 0 aliphatic carbocycles. The summed E-state index contributed by atoms with van der Waals surface area (Å²) in [7, 11) is -3.44. The molecule has 3 nitrogen and oxygen atoms in total. The Balaban J connectivity index is 4.11. The Hall–Kier alpha value is -0.530. The van der Waals surface area contributed by atoms with E-state index < -0.39 is 10.0 Å². The van der Waals surface area contributed by atoms with Gasteiger partial charge >= 0.3 is 0 Å². The van der Waals surface area contributed by atoms with Crippen molar-refractivity contribution in [1.29, 1.82) is 0 Å². The van der Waals surface area contributed by atoms with E-state index >= 15 is 0 Å². The third-order valence-electron chi connectivity index (χ3n) is 0.546. The number of hydrogen-bond donors (Lipinski definition) is 1. The smallest absolute Gasteiger partial charge is 0.202 e. The van der Waals surface area contributed by atoms with Crippen LogP contribution in [-0.4, -0.2) is 14.5 Å². The lowest BCUT2D eigenvalue weighted by Crippen LogP contribution is -2.28. The average Bonchev–Trinajstić information content (AvgIpc) is 1.63. The summed E-state index contributed by atoms with van der Waals surface area (Å²) in [6, 6.07) is -0.133. The fourth-order valence-corrected chi connectivity index (χ4v) is 1.03. The van der Waals surface area contributed by atoms with E-state index in [9.17, 15) is 8.42 Å². The molecule has 0 fully saturated rings. The van der Waals surface area contributed by atoms with Gasteiger partial charge in [-0.15, -0.1) is 6.42 Å². The van der Waals surface area contributed by atoms with Crippen LogP contribution in [0.4, 0.5) is 0 Å². The lowest BCUT2D eigenvalue weighted by molar-refractivity contribution is 0.581. The second-order valence-electron chi connectivity index (χ2n) is 1.89. The van der Waals surface area contributed by atoms with Gasteiger partial charge in [-0.25, -0.2) is 4.72 Å². The minimum Gasteiger partial charge on any atom is -0.202 e. The summed E-state index contributed by atoms with van der Waals surface area (Å²) in [6.07, 6.45) is 4.65. The maximum atomic E-state index is 10.5. The van der Waals surface area contributed by atoms with Crippen molar-refractivity contribution in [3.63, 3.8) is 0 Å². The van der Waals surface area contributed by atoms with Crippen LogP contribution in [0.2, 0.25) is 0 Å². The molecular formula is C5H9NO2S. The van der Waals surface area contributed by atoms with Crippen LogP contribution in [-0.2, 0) is 10.0 Å². The van der Waals surface area contributed by atoms with Gasteiger partial charge in [0.05, 0.1) is 0 Å². The van der Waals surface area contributed by atoms with Crippen molar-refractivity contribution in [2.45, 2.75) is 19.9 Å². The van der Waals surface area contributed by atoms with Crippen molar-refractivity contribution in [2.24, 2.45) is 0 Å². The maximum Gasteiger partial charge on any atom is 0.280 e. The predicted octanol–water partition coefficient (Wildman–Crippen LogP) is -0.0951. The van der Waals surface area contributed by atoms with Crippen LogP contribution in [0, 0.1) is 11.7 Å². The molecule has 0 aromatic carbocycles. The summed E-state index contributed by atoms with van der Waals surface area (Å²) < 4.78 is 23.1. The number of terminal acetylenes is 1. The lowest BCUT2D eigenvalue weighted by Gasteiger charge is -2.01. The van der Waals surface area contributed by atoms with E-state index in [1.54, 1.807) is 19.1 Å². The highest BCUT2D eigenvalue weighted by Crippen LogP contribution is 1.83. The largest absolute Gasteiger partial charge is 0.280 e. The fourth-order valence-electron chi connectivity index (χ4n) is 0.344. The van der Waals surface area contributed by atoms with Crippen LogP contribution in [0.5, 0.6) is 0 Å². The Morgan fingerprint density at radius 3 is 2.11 bits per heavy atom. The quantitative estimate of drug-likeness (QED) is 0.555. The minimum absolute atomic E-state index is 0.133. The molecule has 9 heavy (non-hydrogen) atoms. The molecule has 0 aliphatic rings. The molecule has 0 bridgehead atoms. The van der Waals surface area contributed by atoms with Crippen LogP contribution in [0.3, 0.4) is 0 Å². The average molecular weight is 147 g/mol. The van der Waals surface area contributed by atoms with Gasteiger partial charge in [0.15, 0.2) is 0 Å². The standard InChI is InChI=1S/C5H9NO2S/c1-4-9(7,8)6-5(2)3/h1,5-6H,2-3H3. The van der Waals surface area contributed by atoms with Gasteiger partial charge in [0.2, 0.25) is 0 Å². The van der Waals surface area contributed by atoms with Crippen molar-refractivity contribution in [1.82, 2.24) is 4.72 Å². The lowest BCUT2D eigenvalue weighted by atomic mass is 10.4. The highest BCUT2D eigenvalue weighted by molar-refractivity contribution is 7.94. The zero-order valence-corrected chi connectivity index (χ0v) is 6.20. The Morgan fingerprint density at radius 2 is 2.00 bits per heavy atom. The summed E-state index contributed by atoms with van der Waals surface area (Å²) in [4.78, 5) is 0. The molecule has 4 heteroatoms. The van der Waals surface area contributed by atoms with Crippen LogP contribution < -0.4 is 4.72 Å². The van der Waals surface area contributed by atoms with Crippen LogP contribution in [0.25, 0.3) is 0 Å².